The van der Waals surface area contributed by atoms with Crippen LogP contribution < -0.4 is 4.74 Å². The molecule has 1 rings (SSSR count). The number of rotatable bonds is 4. The van der Waals surface area contributed by atoms with E-state index in [0.29, 0.717) is 6.07 Å². The van der Waals surface area contributed by atoms with E-state index in [2.05, 4.69) is 9.47 Å². The molecule has 0 spiro atoms. The minimum atomic E-state index is -5.44. The topological polar surface area (TPSA) is 59.3 Å². The van der Waals surface area contributed by atoms with Crippen molar-refractivity contribution in [3.05, 3.63) is 28.8 Å². The molecule has 4 nitrogen and oxygen atoms in total. The SMILES string of the molecule is CCOC(=O)Cc1ccc(C(F)(F)F)c(OC(F)(F)F)c1C#N. The van der Waals surface area contributed by atoms with Crippen molar-refractivity contribution in [3.8, 4) is 11.8 Å². The van der Waals surface area contributed by atoms with E-state index in [1.165, 1.54) is 13.0 Å². The van der Waals surface area contributed by atoms with Crippen LogP contribution in [-0.2, 0) is 22.1 Å². The van der Waals surface area contributed by atoms with Gasteiger partial charge in [-0.25, -0.2) is 0 Å². The Bertz CT molecular complexity index is 630. The van der Waals surface area contributed by atoms with E-state index in [9.17, 15) is 31.1 Å². The number of nitrogens with zero attached hydrogens (tertiary/aromatic N) is 1. The Morgan fingerprint density at radius 3 is 2.26 bits per heavy atom. The maximum atomic E-state index is 12.8. The predicted octanol–water partition coefficient (Wildman–Crippen LogP) is 3.58. The summed E-state index contributed by atoms with van der Waals surface area (Å²) in [7, 11) is 0. The average Bonchev–Trinajstić information content (AvgIpc) is 2.35. The Morgan fingerprint density at radius 2 is 1.83 bits per heavy atom. The van der Waals surface area contributed by atoms with Crippen LogP contribution in [0, 0.1) is 11.3 Å². The van der Waals surface area contributed by atoms with Gasteiger partial charge in [-0.3, -0.25) is 4.79 Å². The summed E-state index contributed by atoms with van der Waals surface area (Å²) in [4.78, 5) is 11.3. The van der Waals surface area contributed by atoms with Gasteiger partial charge in [-0.1, -0.05) is 6.07 Å². The predicted molar refractivity (Wildman–Crippen MR) is 63.2 cm³/mol. The lowest BCUT2D eigenvalue weighted by Crippen LogP contribution is -2.22. The third-order valence-electron chi connectivity index (χ3n) is 2.52. The molecule has 0 amide bonds. The van der Waals surface area contributed by atoms with E-state index in [0.717, 1.165) is 6.07 Å². The molecule has 126 valence electrons. The molecule has 0 bridgehead atoms. The van der Waals surface area contributed by atoms with E-state index in [-0.39, 0.29) is 12.2 Å². The fourth-order valence-electron chi connectivity index (χ4n) is 1.71. The van der Waals surface area contributed by atoms with Gasteiger partial charge in [-0.15, -0.1) is 13.2 Å². The van der Waals surface area contributed by atoms with Crippen molar-refractivity contribution < 1.29 is 40.6 Å². The van der Waals surface area contributed by atoms with Crippen LogP contribution in [0.25, 0.3) is 0 Å². The zero-order valence-corrected chi connectivity index (χ0v) is 11.5. The van der Waals surface area contributed by atoms with Gasteiger partial charge in [0.2, 0.25) is 0 Å². The van der Waals surface area contributed by atoms with Gasteiger partial charge in [0.15, 0.2) is 5.75 Å². The van der Waals surface area contributed by atoms with Crippen LogP contribution in [-0.4, -0.2) is 18.9 Å². The van der Waals surface area contributed by atoms with Gasteiger partial charge in [0, 0.05) is 0 Å². The third kappa shape index (κ3) is 5.05. The first kappa shape index (κ1) is 18.6. The van der Waals surface area contributed by atoms with E-state index in [1.54, 1.807) is 0 Å². The molecule has 0 saturated carbocycles. The quantitative estimate of drug-likeness (QED) is 0.620. The minimum Gasteiger partial charge on any atom is -0.466 e. The molecule has 0 aliphatic carbocycles. The molecule has 0 unspecified atom stereocenters. The number of benzene rings is 1. The van der Waals surface area contributed by atoms with Crippen LogP contribution in [0.2, 0.25) is 0 Å². The number of carbonyl (C=O) groups is 1. The summed E-state index contributed by atoms with van der Waals surface area (Å²) in [6.45, 7) is 1.43. The number of ether oxygens (including phenoxy) is 2. The molecule has 0 aliphatic rings. The first-order valence-corrected chi connectivity index (χ1v) is 6.04. The van der Waals surface area contributed by atoms with Gasteiger partial charge in [0.05, 0.1) is 24.2 Å². The van der Waals surface area contributed by atoms with Gasteiger partial charge in [-0.05, 0) is 18.6 Å². The maximum absolute atomic E-state index is 12.8. The van der Waals surface area contributed by atoms with E-state index < -0.39 is 41.8 Å². The Labute approximate surface area is 126 Å². The number of halogens is 6. The number of carbonyl (C=O) groups excluding carboxylic acids is 1. The lowest BCUT2D eigenvalue weighted by molar-refractivity contribution is -0.276. The van der Waals surface area contributed by atoms with Crippen LogP contribution in [0.1, 0.15) is 23.6 Å². The summed E-state index contributed by atoms with van der Waals surface area (Å²) in [5, 5.41) is 8.91. The molecule has 10 heteroatoms. The normalized spacial score (nSPS) is 11.7. The molecule has 0 saturated heterocycles. The van der Waals surface area contributed by atoms with Crippen molar-refractivity contribution in [2.24, 2.45) is 0 Å². The maximum Gasteiger partial charge on any atom is 0.573 e. The molecule has 0 radical (unpaired) electrons. The van der Waals surface area contributed by atoms with Crippen LogP contribution in [0.3, 0.4) is 0 Å². The molecule has 0 aromatic heterocycles. The first-order chi connectivity index (χ1) is 10.5. The van der Waals surface area contributed by atoms with Crippen LogP contribution >= 0.6 is 0 Å². The molecular formula is C13H9F6NO3. The van der Waals surface area contributed by atoms with Gasteiger partial charge < -0.3 is 9.47 Å². The van der Waals surface area contributed by atoms with E-state index in [4.69, 9.17) is 5.26 Å². The lowest BCUT2D eigenvalue weighted by Gasteiger charge is -2.18. The fourth-order valence-corrected chi connectivity index (χ4v) is 1.71. The molecule has 0 fully saturated rings. The zero-order valence-electron chi connectivity index (χ0n) is 11.5. The highest BCUT2D eigenvalue weighted by Crippen LogP contribution is 2.41. The number of hydrogen-bond donors (Lipinski definition) is 0. The summed E-state index contributed by atoms with van der Waals surface area (Å²) in [6, 6.07) is 2.27. The summed E-state index contributed by atoms with van der Waals surface area (Å²) in [6.07, 6.45) is -11.3. The molecule has 1 aromatic carbocycles. The number of nitriles is 1. The van der Waals surface area contributed by atoms with E-state index >= 15 is 0 Å². The molecular weight excluding hydrogens is 332 g/mol. The lowest BCUT2D eigenvalue weighted by atomic mass is 10.00. The highest BCUT2D eigenvalue weighted by atomic mass is 19.4. The van der Waals surface area contributed by atoms with E-state index in [1.807, 2.05) is 0 Å². The molecule has 0 aliphatic heterocycles. The number of esters is 1. The summed E-state index contributed by atoms with van der Waals surface area (Å²) in [5.74, 6) is -2.59. The number of alkyl halides is 6. The second-order valence-corrected chi connectivity index (χ2v) is 4.12. The van der Waals surface area contributed by atoms with Crippen molar-refractivity contribution in [3.63, 3.8) is 0 Å². The van der Waals surface area contributed by atoms with Gasteiger partial charge in [-0.2, -0.15) is 18.4 Å². The number of hydrogen-bond acceptors (Lipinski definition) is 4. The summed E-state index contributed by atoms with van der Waals surface area (Å²) < 4.78 is 83.4. The highest BCUT2D eigenvalue weighted by molar-refractivity contribution is 5.74. The van der Waals surface area contributed by atoms with Crippen molar-refractivity contribution >= 4 is 5.97 Å². The van der Waals surface area contributed by atoms with Crippen molar-refractivity contribution in [1.29, 1.82) is 5.26 Å². The second kappa shape index (κ2) is 6.76. The standard InChI is InChI=1S/C13H9F6NO3/c1-2-22-10(21)5-7-3-4-9(12(14,15)16)11(8(7)6-20)23-13(17,18)19/h3-4H,2,5H2,1H3. The van der Waals surface area contributed by atoms with Crippen LogP contribution in [0.15, 0.2) is 12.1 Å². The largest absolute Gasteiger partial charge is 0.573 e. The van der Waals surface area contributed by atoms with Crippen molar-refractivity contribution in [2.75, 3.05) is 6.61 Å². The van der Waals surface area contributed by atoms with Crippen molar-refractivity contribution in [2.45, 2.75) is 25.9 Å². The van der Waals surface area contributed by atoms with Crippen LogP contribution in [0.5, 0.6) is 5.75 Å². The monoisotopic (exact) mass is 341 g/mol. The van der Waals surface area contributed by atoms with Gasteiger partial charge in [0.1, 0.15) is 6.07 Å². The Kier molecular flexibility index (Phi) is 5.47. The molecule has 1 aromatic rings. The van der Waals surface area contributed by atoms with Crippen molar-refractivity contribution in [1.82, 2.24) is 0 Å². The van der Waals surface area contributed by atoms with Crippen LogP contribution in [0.4, 0.5) is 26.3 Å². The molecule has 0 heterocycles. The molecule has 0 N–H and O–H groups in total. The highest BCUT2D eigenvalue weighted by Gasteiger charge is 2.41. The summed E-state index contributed by atoms with van der Waals surface area (Å²) in [5.41, 5.74) is -3.15. The fraction of sp³-hybridized carbons (Fsp3) is 0.385. The smallest absolute Gasteiger partial charge is 0.466 e. The summed E-state index contributed by atoms with van der Waals surface area (Å²) >= 11 is 0. The third-order valence-corrected chi connectivity index (χ3v) is 2.52. The molecule has 23 heavy (non-hydrogen) atoms. The Morgan fingerprint density at radius 1 is 1.22 bits per heavy atom. The van der Waals surface area contributed by atoms with Gasteiger partial charge >= 0.3 is 18.5 Å². The van der Waals surface area contributed by atoms with Gasteiger partial charge in [0.25, 0.3) is 0 Å². The second-order valence-electron chi connectivity index (χ2n) is 4.12. The Balaban J connectivity index is 3.46. The zero-order chi connectivity index (χ0) is 17.8. The molecule has 0 atom stereocenters. The minimum absolute atomic E-state index is 0.0345. The Hall–Kier alpha value is -2.44. The average molecular weight is 341 g/mol. The first-order valence-electron chi connectivity index (χ1n) is 6.04.